The van der Waals surface area contributed by atoms with Crippen molar-refractivity contribution in [3.05, 3.63) is 35.4 Å². The average Bonchev–Trinajstić information content (AvgIpc) is 3.58. The molecule has 0 spiro atoms. The van der Waals surface area contributed by atoms with E-state index in [-0.39, 0.29) is 5.60 Å². The second kappa shape index (κ2) is 14.6. The first-order valence-electron chi connectivity index (χ1n) is 17.3. The van der Waals surface area contributed by atoms with E-state index in [1.807, 2.05) is 6.08 Å². The van der Waals surface area contributed by atoms with Gasteiger partial charge in [-0.2, -0.15) is 0 Å². The highest BCUT2D eigenvalue weighted by atomic mass is 19.1. The van der Waals surface area contributed by atoms with Crippen LogP contribution in [0.4, 0.5) is 4.39 Å². The lowest BCUT2D eigenvalue weighted by Gasteiger charge is -2.31. The first-order valence-corrected chi connectivity index (χ1v) is 17.3. The number of carbonyl (C=O) groups excluding carboxylic acids is 1. The molecule has 5 rings (SSSR count). The minimum absolute atomic E-state index is 0.295. The van der Waals surface area contributed by atoms with Crippen molar-refractivity contribution in [1.82, 2.24) is 0 Å². The Hall–Kier alpha value is -1.96. The number of fused-ring (bicyclic) bond motifs is 2. The number of hydrogen-bond donors (Lipinski definition) is 0. The third-order valence-electron chi connectivity index (χ3n) is 10.8. The zero-order chi connectivity index (χ0) is 31.2. The molecule has 0 N–H and O–H groups in total. The number of halogens is 1. The molecule has 1 aromatic carbocycles. The lowest BCUT2D eigenvalue weighted by Crippen LogP contribution is -2.43. The molecule has 4 saturated carbocycles. The van der Waals surface area contributed by atoms with E-state index in [0.29, 0.717) is 57.9 Å². The Kier molecular flexibility index (Phi) is 11.1. The molecular weight excluding hydrogens is 559 g/mol. The van der Waals surface area contributed by atoms with Crippen molar-refractivity contribution in [2.24, 2.45) is 5.92 Å². The molecule has 0 radical (unpaired) electrons. The highest BCUT2D eigenvalue weighted by molar-refractivity contribution is 5.79. The topological polar surface area (TPSA) is 63.2 Å². The van der Waals surface area contributed by atoms with Crippen LogP contribution in [0.15, 0.2) is 18.7 Å². The van der Waals surface area contributed by atoms with Crippen LogP contribution < -0.4 is 4.74 Å². The molecule has 0 saturated heterocycles. The summed E-state index contributed by atoms with van der Waals surface area (Å²) in [7, 11) is 0. The summed E-state index contributed by atoms with van der Waals surface area (Å²) in [5.74, 6) is -0.355. The van der Waals surface area contributed by atoms with Crippen LogP contribution in [-0.2, 0) is 37.0 Å². The summed E-state index contributed by atoms with van der Waals surface area (Å²) in [6.45, 7) is 10.6. The third-order valence-corrected chi connectivity index (χ3v) is 10.8. The lowest BCUT2D eigenvalue weighted by molar-refractivity contribution is -0.175. The molecule has 7 heteroatoms. The zero-order valence-corrected chi connectivity index (χ0v) is 27.4. The van der Waals surface area contributed by atoms with Crippen molar-refractivity contribution < 1.29 is 32.9 Å². The summed E-state index contributed by atoms with van der Waals surface area (Å²) in [5.41, 5.74) is 0.145. The second-order valence-corrected chi connectivity index (χ2v) is 14.4. The van der Waals surface area contributed by atoms with Gasteiger partial charge in [-0.25, -0.2) is 9.18 Å². The standard InChI is InChI=1S/C37H55FO6/c1-5-28-22-29(24-41-31-12-8-6-9-13-31)33(30(23-28)25-42-32-14-10-7-11-15-32)40-20-21-43-36-16-18-37(26-36,19-17-36)44-34(39)35(4,38)27(2)3/h5,22-23,27,31-32H,1,6-21,24-26H2,2-4H3. The SMILES string of the molecule is C=Cc1cc(COC2CCCCC2)c(OCCOC23CCC(OC(=O)C(C)(F)C(C)C)(CC2)C3)c(COC2CCCCC2)c1. The van der Waals surface area contributed by atoms with Crippen molar-refractivity contribution in [2.45, 2.75) is 159 Å². The van der Waals surface area contributed by atoms with Gasteiger partial charge in [0.2, 0.25) is 5.67 Å². The van der Waals surface area contributed by atoms with Crippen molar-refractivity contribution in [2.75, 3.05) is 13.2 Å². The lowest BCUT2D eigenvalue weighted by atomic mass is 9.92. The predicted molar refractivity (Wildman–Crippen MR) is 170 cm³/mol. The number of hydrogen-bond acceptors (Lipinski definition) is 6. The van der Waals surface area contributed by atoms with E-state index in [1.165, 1.54) is 45.4 Å². The van der Waals surface area contributed by atoms with Crippen LogP contribution in [0.5, 0.6) is 5.75 Å². The van der Waals surface area contributed by atoms with E-state index in [4.69, 9.17) is 23.7 Å². The smallest absolute Gasteiger partial charge is 0.344 e. The molecule has 0 heterocycles. The van der Waals surface area contributed by atoms with E-state index in [2.05, 4.69) is 18.7 Å². The molecule has 2 bridgehead atoms. The van der Waals surface area contributed by atoms with Crippen LogP contribution in [0.3, 0.4) is 0 Å². The van der Waals surface area contributed by atoms with Gasteiger partial charge >= 0.3 is 5.97 Å². The predicted octanol–water partition coefficient (Wildman–Crippen LogP) is 8.81. The van der Waals surface area contributed by atoms with E-state index >= 15 is 0 Å². The molecule has 0 aromatic heterocycles. The Morgan fingerprint density at radius 3 is 1.93 bits per heavy atom. The van der Waals surface area contributed by atoms with Crippen LogP contribution in [0.2, 0.25) is 0 Å². The molecule has 0 amide bonds. The van der Waals surface area contributed by atoms with Crippen LogP contribution in [-0.4, -0.2) is 48.3 Å². The Morgan fingerprint density at radius 2 is 1.43 bits per heavy atom. The van der Waals surface area contributed by atoms with Gasteiger partial charge in [-0.1, -0.05) is 65.0 Å². The van der Waals surface area contributed by atoms with Crippen LogP contribution in [0, 0.1) is 5.92 Å². The van der Waals surface area contributed by atoms with E-state index in [9.17, 15) is 9.18 Å². The number of alkyl halides is 1. The van der Waals surface area contributed by atoms with Gasteiger partial charge in [0.05, 0.1) is 37.6 Å². The van der Waals surface area contributed by atoms with Gasteiger partial charge in [0.1, 0.15) is 18.0 Å². The molecule has 44 heavy (non-hydrogen) atoms. The first kappa shape index (κ1) is 33.4. The van der Waals surface area contributed by atoms with Gasteiger partial charge < -0.3 is 23.7 Å². The Morgan fingerprint density at radius 1 is 0.909 bits per heavy atom. The second-order valence-electron chi connectivity index (χ2n) is 14.4. The third kappa shape index (κ3) is 8.06. The molecule has 1 aromatic rings. The van der Waals surface area contributed by atoms with Gasteiger partial charge in [-0.3, -0.25) is 0 Å². The highest BCUT2D eigenvalue weighted by Gasteiger charge is 2.58. The number of rotatable bonds is 15. The fourth-order valence-corrected chi connectivity index (χ4v) is 7.55. The number of benzene rings is 1. The molecule has 0 aliphatic heterocycles. The van der Waals surface area contributed by atoms with Gasteiger partial charge in [0, 0.05) is 17.5 Å². The number of ether oxygens (including phenoxy) is 5. The van der Waals surface area contributed by atoms with E-state index in [1.54, 1.807) is 13.8 Å². The van der Waals surface area contributed by atoms with Crippen molar-refractivity contribution in [3.8, 4) is 5.75 Å². The number of esters is 1. The minimum Gasteiger partial charge on any atom is -0.490 e. The zero-order valence-electron chi connectivity index (χ0n) is 27.4. The summed E-state index contributed by atoms with van der Waals surface area (Å²) in [6.07, 6.45) is 18.1. The average molecular weight is 615 g/mol. The molecule has 4 fully saturated rings. The van der Waals surface area contributed by atoms with Crippen molar-refractivity contribution >= 4 is 12.0 Å². The summed E-state index contributed by atoms with van der Waals surface area (Å²) < 4.78 is 46.7. The number of carbonyl (C=O) groups is 1. The summed E-state index contributed by atoms with van der Waals surface area (Å²) in [5, 5.41) is 0. The fourth-order valence-electron chi connectivity index (χ4n) is 7.55. The molecular formula is C37H55FO6. The first-order chi connectivity index (χ1) is 21.1. The highest BCUT2D eigenvalue weighted by Crippen LogP contribution is 2.55. The maximum Gasteiger partial charge on any atom is 0.344 e. The van der Waals surface area contributed by atoms with Gasteiger partial charge in [0.25, 0.3) is 0 Å². The maximum atomic E-state index is 15.0. The summed E-state index contributed by atoms with van der Waals surface area (Å²) in [4.78, 5) is 12.7. The van der Waals surface area contributed by atoms with Crippen LogP contribution in [0.1, 0.15) is 134 Å². The van der Waals surface area contributed by atoms with Crippen LogP contribution >= 0.6 is 0 Å². The van der Waals surface area contributed by atoms with Crippen molar-refractivity contribution in [1.29, 1.82) is 0 Å². The normalized spacial score (nSPS) is 27.4. The van der Waals surface area contributed by atoms with E-state index < -0.39 is 23.2 Å². The van der Waals surface area contributed by atoms with Gasteiger partial charge in [0.15, 0.2) is 0 Å². The minimum atomic E-state index is -1.99. The molecule has 4 aliphatic rings. The fraction of sp³-hybridized carbons (Fsp3) is 0.757. The largest absolute Gasteiger partial charge is 0.490 e. The monoisotopic (exact) mass is 614 g/mol. The van der Waals surface area contributed by atoms with Crippen LogP contribution in [0.25, 0.3) is 6.08 Å². The molecule has 1 unspecified atom stereocenters. The van der Waals surface area contributed by atoms with Gasteiger partial charge in [-0.15, -0.1) is 0 Å². The van der Waals surface area contributed by atoms with Gasteiger partial charge in [-0.05, 0) is 81.9 Å². The summed E-state index contributed by atoms with van der Waals surface area (Å²) >= 11 is 0. The quantitative estimate of drug-likeness (QED) is 0.145. The molecule has 1 atom stereocenters. The van der Waals surface area contributed by atoms with Crippen molar-refractivity contribution in [3.63, 3.8) is 0 Å². The molecule has 4 aliphatic carbocycles. The maximum absolute atomic E-state index is 15.0. The molecule has 246 valence electrons. The molecule has 6 nitrogen and oxygen atoms in total. The Labute approximate surface area is 264 Å². The Bertz CT molecular complexity index is 1070. The van der Waals surface area contributed by atoms with E-state index in [0.717, 1.165) is 61.0 Å². The summed E-state index contributed by atoms with van der Waals surface area (Å²) in [6, 6.07) is 4.25. The Balaban J connectivity index is 1.22.